The lowest BCUT2D eigenvalue weighted by Gasteiger charge is -2.30. The third kappa shape index (κ3) is 3.89. The van der Waals surface area contributed by atoms with E-state index in [1.807, 2.05) is 6.92 Å². The van der Waals surface area contributed by atoms with E-state index in [0.717, 1.165) is 38.7 Å². The van der Waals surface area contributed by atoms with Gasteiger partial charge in [0, 0.05) is 26.1 Å². The number of carbonyl (C=O) groups excluding carboxylic acids is 2. The van der Waals surface area contributed by atoms with Crippen LogP contribution in [0.15, 0.2) is 0 Å². The molecule has 1 saturated heterocycles. The fourth-order valence-corrected chi connectivity index (χ4v) is 3.03. The highest BCUT2D eigenvalue weighted by Crippen LogP contribution is 2.34. The zero-order valence-electron chi connectivity index (χ0n) is 12.5. The molecule has 1 atom stereocenters. The number of unbranched alkanes of at least 4 members (excludes halogenated alkanes) is 1. The minimum absolute atomic E-state index is 0.0442. The van der Waals surface area contributed by atoms with Crippen molar-refractivity contribution < 1.29 is 19.1 Å². The molecule has 0 amide bonds. The molecule has 0 spiro atoms. The lowest BCUT2D eigenvalue weighted by atomic mass is 9.70. The van der Waals surface area contributed by atoms with Gasteiger partial charge < -0.3 is 9.47 Å². The Kier molecular flexibility index (Phi) is 5.73. The van der Waals surface area contributed by atoms with Crippen LogP contribution < -0.4 is 0 Å². The van der Waals surface area contributed by atoms with Crippen LogP contribution >= 0.6 is 0 Å². The third-order valence-electron chi connectivity index (χ3n) is 4.55. The molecular weight excluding hydrogens is 256 g/mol. The lowest BCUT2D eigenvalue weighted by molar-refractivity contribution is -0.163. The molecule has 0 aromatic heterocycles. The molecule has 0 radical (unpaired) electrons. The maximum Gasteiger partial charge on any atom is 0.157 e. The summed E-state index contributed by atoms with van der Waals surface area (Å²) in [5, 5.41) is 0. The minimum atomic E-state index is -0.723. The predicted octanol–water partition coefficient (Wildman–Crippen LogP) is 3.03. The largest absolute Gasteiger partial charge is 0.353 e. The first-order valence-corrected chi connectivity index (χ1v) is 7.93. The molecule has 2 fully saturated rings. The average Bonchev–Trinajstić information content (AvgIpc) is 2.46. The van der Waals surface area contributed by atoms with E-state index in [1.54, 1.807) is 0 Å². The summed E-state index contributed by atoms with van der Waals surface area (Å²) >= 11 is 0. The van der Waals surface area contributed by atoms with Crippen molar-refractivity contribution in [3.8, 4) is 0 Å². The van der Waals surface area contributed by atoms with E-state index in [0.29, 0.717) is 25.9 Å². The van der Waals surface area contributed by atoms with Crippen LogP contribution in [0.5, 0.6) is 0 Å². The molecule has 1 unspecified atom stereocenters. The molecule has 4 heteroatoms. The van der Waals surface area contributed by atoms with E-state index < -0.39 is 5.41 Å². The molecular formula is C16H26O4. The van der Waals surface area contributed by atoms with Gasteiger partial charge in [-0.05, 0) is 51.9 Å². The molecule has 2 aliphatic rings. The summed E-state index contributed by atoms with van der Waals surface area (Å²) in [6.45, 7) is 3.27. The summed E-state index contributed by atoms with van der Waals surface area (Å²) < 4.78 is 11.2. The number of hydrogen-bond donors (Lipinski definition) is 0. The minimum Gasteiger partial charge on any atom is -0.353 e. The fraction of sp³-hybridized carbons (Fsp3) is 0.875. The second kappa shape index (κ2) is 7.32. The van der Waals surface area contributed by atoms with Crippen LogP contribution in [0, 0.1) is 5.41 Å². The topological polar surface area (TPSA) is 52.6 Å². The van der Waals surface area contributed by atoms with Gasteiger partial charge in [-0.25, -0.2) is 0 Å². The van der Waals surface area contributed by atoms with Gasteiger partial charge in [-0.2, -0.15) is 0 Å². The first-order chi connectivity index (χ1) is 9.63. The van der Waals surface area contributed by atoms with Crippen molar-refractivity contribution in [1.82, 2.24) is 0 Å². The Morgan fingerprint density at radius 3 is 2.55 bits per heavy atom. The number of carbonyl (C=O) groups is 2. The van der Waals surface area contributed by atoms with Crippen molar-refractivity contribution in [2.75, 3.05) is 13.2 Å². The molecule has 2 rings (SSSR count). The van der Waals surface area contributed by atoms with Crippen LogP contribution in [0.1, 0.15) is 64.7 Å². The first-order valence-electron chi connectivity index (χ1n) is 7.93. The van der Waals surface area contributed by atoms with E-state index in [4.69, 9.17) is 9.47 Å². The van der Waals surface area contributed by atoms with Crippen molar-refractivity contribution in [3.05, 3.63) is 0 Å². The molecule has 0 bridgehead atoms. The van der Waals surface area contributed by atoms with Crippen molar-refractivity contribution in [3.63, 3.8) is 0 Å². The number of rotatable bonds is 6. The Balaban J connectivity index is 1.64. The molecule has 1 heterocycles. The Morgan fingerprint density at radius 2 is 1.90 bits per heavy atom. The molecule has 0 N–H and O–H groups in total. The summed E-state index contributed by atoms with van der Waals surface area (Å²) in [4.78, 5) is 23.9. The van der Waals surface area contributed by atoms with Crippen LogP contribution in [0.4, 0.5) is 0 Å². The van der Waals surface area contributed by atoms with Gasteiger partial charge in [0.1, 0.15) is 11.6 Å². The van der Waals surface area contributed by atoms with Crippen molar-refractivity contribution in [2.24, 2.45) is 5.41 Å². The number of hydrogen-bond acceptors (Lipinski definition) is 4. The van der Waals surface area contributed by atoms with Crippen LogP contribution in [0.3, 0.4) is 0 Å². The molecule has 1 aliphatic carbocycles. The number of ketones is 2. The first kappa shape index (κ1) is 15.6. The van der Waals surface area contributed by atoms with E-state index in [-0.39, 0.29) is 17.9 Å². The normalized spacial score (nSPS) is 26.8. The zero-order chi connectivity index (χ0) is 14.4. The maximum absolute atomic E-state index is 12.0. The van der Waals surface area contributed by atoms with Gasteiger partial charge in [0.15, 0.2) is 6.29 Å². The van der Waals surface area contributed by atoms with Crippen LogP contribution in [0.25, 0.3) is 0 Å². The Labute approximate surface area is 121 Å². The highest BCUT2D eigenvalue weighted by Gasteiger charge is 2.41. The lowest BCUT2D eigenvalue weighted by Crippen LogP contribution is -2.39. The van der Waals surface area contributed by atoms with Gasteiger partial charge in [0.25, 0.3) is 0 Å². The van der Waals surface area contributed by atoms with Gasteiger partial charge in [0.2, 0.25) is 0 Å². The summed E-state index contributed by atoms with van der Waals surface area (Å²) in [5.41, 5.74) is -0.723. The molecule has 4 nitrogen and oxygen atoms in total. The smallest absolute Gasteiger partial charge is 0.157 e. The SMILES string of the molecule is CC1(CCCCOC2CCCCO2)C(=O)CCCC1=O. The van der Waals surface area contributed by atoms with Gasteiger partial charge in [0.05, 0.1) is 5.41 Å². The maximum atomic E-state index is 12.0. The van der Waals surface area contributed by atoms with E-state index in [1.165, 1.54) is 6.42 Å². The highest BCUT2D eigenvalue weighted by atomic mass is 16.7. The fourth-order valence-electron chi connectivity index (χ4n) is 3.03. The van der Waals surface area contributed by atoms with Crippen LogP contribution in [0.2, 0.25) is 0 Å². The Morgan fingerprint density at radius 1 is 1.15 bits per heavy atom. The van der Waals surface area contributed by atoms with Gasteiger partial charge >= 0.3 is 0 Å². The monoisotopic (exact) mass is 282 g/mol. The van der Waals surface area contributed by atoms with Crippen molar-refractivity contribution in [2.45, 2.75) is 71.0 Å². The van der Waals surface area contributed by atoms with Gasteiger partial charge in [-0.15, -0.1) is 0 Å². The molecule has 0 aromatic carbocycles. The van der Waals surface area contributed by atoms with Crippen LogP contribution in [-0.2, 0) is 19.1 Å². The Bertz CT molecular complexity index is 328. The highest BCUT2D eigenvalue weighted by molar-refractivity contribution is 6.08. The van der Waals surface area contributed by atoms with E-state index >= 15 is 0 Å². The van der Waals surface area contributed by atoms with E-state index in [2.05, 4.69) is 0 Å². The molecule has 20 heavy (non-hydrogen) atoms. The molecule has 0 aromatic rings. The van der Waals surface area contributed by atoms with Crippen molar-refractivity contribution >= 4 is 11.6 Å². The average molecular weight is 282 g/mol. The predicted molar refractivity (Wildman–Crippen MR) is 75.4 cm³/mol. The second-order valence-corrected chi connectivity index (χ2v) is 6.16. The van der Waals surface area contributed by atoms with Crippen molar-refractivity contribution in [1.29, 1.82) is 0 Å². The molecule has 1 saturated carbocycles. The van der Waals surface area contributed by atoms with Gasteiger partial charge in [-0.3, -0.25) is 9.59 Å². The van der Waals surface area contributed by atoms with Gasteiger partial charge in [-0.1, -0.05) is 0 Å². The summed E-state index contributed by atoms with van der Waals surface area (Å²) in [6, 6.07) is 0. The Hall–Kier alpha value is -0.740. The van der Waals surface area contributed by atoms with E-state index in [9.17, 15) is 9.59 Å². The third-order valence-corrected chi connectivity index (χ3v) is 4.55. The zero-order valence-corrected chi connectivity index (χ0v) is 12.5. The summed E-state index contributed by atoms with van der Waals surface area (Å²) in [7, 11) is 0. The quantitative estimate of drug-likeness (QED) is 0.555. The van der Waals surface area contributed by atoms with Crippen LogP contribution in [-0.4, -0.2) is 31.1 Å². The number of Topliss-reactive ketones (excluding diaryl/α,β-unsaturated/α-hetero) is 2. The second-order valence-electron chi connectivity index (χ2n) is 6.16. The number of ether oxygens (including phenoxy) is 2. The molecule has 114 valence electrons. The molecule has 1 aliphatic heterocycles. The summed E-state index contributed by atoms with van der Waals surface area (Å²) in [5.74, 6) is 0.260. The summed E-state index contributed by atoms with van der Waals surface area (Å²) in [6.07, 6.45) is 7.51. The standard InChI is InChI=1S/C16H26O4/c1-16(13(17)7-6-8-14(16)18)10-3-5-12-20-15-9-2-4-11-19-15/h15H,2-12H2,1H3.